The molecular weight excluding hydrogens is 476 g/mol. The molecule has 0 radical (unpaired) electrons. The lowest BCUT2D eigenvalue weighted by molar-refractivity contribution is -0.138. The van der Waals surface area contributed by atoms with Crippen molar-refractivity contribution >= 4 is 23.3 Å². The highest BCUT2D eigenvalue weighted by atomic mass is 19.4. The van der Waals surface area contributed by atoms with Crippen LogP contribution in [0.15, 0.2) is 48.5 Å². The number of halogens is 6. The Hall–Kier alpha value is -3.24. The first-order chi connectivity index (χ1) is 16.4. The minimum Gasteiger partial charge on any atom is -0.356 e. The monoisotopic (exact) mass is 501 g/mol. The molecule has 3 rings (SSSR count). The van der Waals surface area contributed by atoms with Gasteiger partial charge >= 0.3 is 18.4 Å². The molecule has 0 saturated heterocycles. The predicted molar refractivity (Wildman–Crippen MR) is 119 cm³/mol. The van der Waals surface area contributed by atoms with Crippen molar-refractivity contribution in [1.29, 1.82) is 0 Å². The molecule has 1 saturated carbocycles. The summed E-state index contributed by atoms with van der Waals surface area (Å²) in [5.74, 6) is -0.152. The molecule has 11 heteroatoms. The van der Waals surface area contributed by atoms with Gasteiger partial charge in [-0.25, -0.2) is 4.79 Å². The van der Waals surface area contributed by atoms with Crippen molar-refractivity contribution in [1.82, 2.24) is 5.32 Å². The molecule has 190 valence electrons. The largest absolute Gasteiger partial charge is 0.416 e. The third kappa shape index (κ3) is 7.37. The topological polar surface area (TPSA) is 61.4 Å². The van der Waals surface area contributed by atoms with Gasteiger partial charge < -0.3 is 10.6 Å². The highest BCUT2D eigenvalue weighted by molar-refractivity contribution is 6.01. The molecule has 0 atom stereocenters. The smallest absolute Gasteiger partial charge is 0.356 e. The molecule has 0 bridgehead atoms. The summed E-state index contributed by atoms with van der Waals surface area (Å²) in [6, 6.07) is 7.15. The van der Waals surface area contributed by atoms with Gasteiger partial charge in [-0.2, -0.15) is 26.3 Å². The van der Waals surface area contributed by atoms with Crippen LogP contribution in [0.5, 0.6) is 0 Å². The number of hydrogen-bond acceptors (Lipinski definition) is 2. The standard InChI is InChI=1S/C24H25F6N3O2/c25-23(26,27)17-8-3-10-19(14-17)32-22(35)33(20-11-4-9-18(15-20)24(28,29)30)13-5-12-31-21(34)16-6-1-2-7-16/h3-4,8-11,14-16H,1-2,5-7,12-13H2,(H,31,34)(H,32,35). The van der Waals surface area contributed by atoms with Crippen LogP contribution in [0.3, 0.4) is 0 Å². The van der Waals surface area contributed by atoms with Crippen LogP contribution in [0, 0.1) is 5.92 Å². The van der Waals surface area contributed by atoms with Gasteiger partial charge in [0, 0.05) is 30.4 Å². The lowest BCUT2D eigenvalue weighted by Gasteiger charge is -2.24. The molecule has 35 heavy (non-hydrogen) atoms. The summed E-state index contributed by atoms with van der Waals surface area (Å²) in [5.41, 5.74) is -2.18. The molecule has 1 fully saturated rings. The van der Waals surface area contributed by atoms with Crippen molar-refractivity contribution in [3.05, 3.63) is 59.7 Å². The summed E-state index contributed by atoms with van der Waals surface area (Å²) in [5, 5.41) is 5.10. The maximum Gasteiger partial charge on any atom is 0.416 e. The third-order valence-electron chi connectivity index (χ3n) is 5.76. The molecule has 3 amide bonds. The number of carbonyl (C=O) groups is 2. The van der Waals surface area contributed by atoms with E-state index in [2.05, 4.69) is 10.6 Å². The van der Waals surface area contributed by atoms with Crippen molar-refractivity contribution < 1.29 is 35.9 Å². The first kappa shape index (κ1) is 26.4. The molecule has 5 nitrogen and oxygen atoms in total. The number of hydrogen-bond donors (Lipinski definition) is 2. The van der Waals surface area contributed by atoms with E-state index in [9.17, 15) is 35.9 Å². The van der Waals surface area contributed by atoms with Gasteiger partial charge in [0.05, 0.1) is 11.1 Å². The fraction of sp³-hybridized carbons (Fsp3) is 0.417. The Balaban J connectivity index is 1.74. The Labute approximate surface area is 198 Å². The summed E-state index contributed by atoms with van der Waals surface area (Å²) >= 11 is 0. The number of nitrogens with one attached hydrogen (secondary N) is 2. The molecule has 0 spiro atoms. The van der Waals surface area contributed by atoms with Crippen molar-refractivity contribution in [3.8, 4) is 0 Å². The SMILES string of the molecule is O=C(NCCCN(C(=O)Nc1cccc(C(F)(F)F)c1)c1cccc(C(F)(F)F)c1)C1CCCC1. The van der Waals surface area contributed by atoms with Gasteiger partial charge in [-0.15, -0.1) is 0 Å². The fourth-order valence-electron chi connectivity index (χ4n) is 3.94. The first-order valence-corrected chi connectivity index (χ1v) is 11.2. The van der Waals surface area contributed by atoms with Crippen molar-refractivity contribution in [3.63, 3.8) is 0 Å². The second-order valence-electron chi connectivity index (χ2n) is 8.33. The lowest BCUT2D eigenvalue weighted by atomic mass is 10.1. The molecule has 0 unspecified atom stereocenters. The molecule has 0 heterocycles. The highest BCUT2D eigenvalue weighted by Crippen LogP contribution is 2.33. The van der Waals surface area contributed by atoms with Crippen LogP contribution in [-0.4, -0.2) is 25.0 Å². The number of urea groups is 1. The number of nitrogens with zero attached hydrogens (tertiary/aromatic N) is 1. The fourth-order valence-corrected chi connectivity index (χ4v) is 3.94. The zero-order valence-corrected chi connectivity index (χ0v) is 18.7. The van der Waals surface area contributed by atoms with E-state index >= 15 is 0 Å². The van der Waals surface area contributed by atoms with Crippen LogP contribution in [0.2, 0.25) is 0 Å². The molecule has 2 aromatic rings. The van der Waals surface area contributed by atoms with E-state index in [4.69, 9.17) is 0 Å². The van der Waals surface area contributed by atoms with Gasteiger partial charge in [0.15, 0.2) is 0 Å². The quantitative estimate of drug-likeness (QED) is 0.338. The summed E-state index contributed by atoms with van der Waals surface area (Å²) in [4.78, 5) is 26.1. The van der Waals surface area contributed by atoms with Gasteiger partial charge in [0.1, 0.15) is 0 Å². The summed E-state index contributed by atoms with van der Waals surface area (Å²) in [7, 11) is 0. The highest BCUT2D eigenvalue weighted by Gasteiger charge is 2.32. The Morgan fingerprint density at radius 2 is 1.49 bits per heavy atom. The summed E-state index contributed by atoms with van der Waals surface area (Å²) in [6.45, 7) is 0.124. The maximum absolute atomic E-state index is 13.2. The predicted octanol–water partition coefficient (Wildman–Crippen LogP) is 6.46. The van der Waals surface area contributed by atoms with Crippen molar-refractivity contribution in [2.45, 2.75) is 44.5 Å². The average Bonchev–Trinajstić information content (AvgIpc) is 3.33. The Morgan fingerprint density at radius 3 is 2.11 bits per heavy atom. The Morgan fingerprint density at radius 1 is 0.886 bits per heavy atom. The van der Waals surface area contributed by atoms with Crippen molar-refractivity contribution in [2.24, 2.45) is 5.92 Å². The first-order valence-electron chi connectivity index (χ1n) is 11.2. The maximum atomic E-state index is 13.2. The van der Waals surface area contributed by atoms with E-state index in [1.807, 2.05) is 0 Å². The zero-order valence-electron chi connectivity index (χ0n) is 18.7. The normalized spacial score (nSPS) is 14.6. The molecule has 2 N–H and O–H groups in total. The summed E-state index contributed by atoms with van der Waals surface area (Å²) < 4.78 is 78.6. The van der Waals surface area contributed by atoms with Crippen LogP contribution >= 0.6 is 0 Å². The number of carbonyl (C=O) groups excluding carboxylic acids is 2. The minimum absolute atomic E-state index is 0.0567. The number of amides is 3. The van der Waals surface area contributed by atoms with Gasteiger partial charge in [-0.1, -0.05) is 25.0 Å². The third-order valence-corrected chi connectivity index (χ3v) is 5.76. The van der Waals surface area contributed by atoms with Crippen molar-refractivity contribution in [2.75, 3.05) is 23.3 Å². The van der Waals surface area contributed by atoms with E-state index in [1.165, 1.54) is 12.1 Å². The Kier molecular flexibility index (Phi) is 8.29. The van der Waals surface area contributed by atoms with Gasteiger partial charge in [-0.3, -0.25) is 9.69 Å². The molecule has 2 aromatic carbocycles. The Bertz CT molecular complexity index is 1030. The second kappa shape index (κ2) is 11.0. The van der Waals surface area contributed by atoms with E-state index in [0.717, 1.165) is 67.0 Å². The van der Waals surface area contributed by atoms with E-state index < -0.39 is 29.5 Å². The molecule has 1 aliphatic carbocycles. The van der Waals surface area contributed by atoms with Crippen LogP contribution in [0.4, 0.5) is 42.5 Å². The molecule has 1 aliphatic rings. The van der Waals surface area contributed by atoms with Crippen LogP contribution in [0.1, 0.15) is 43.2 Å². The van der Waals surface area contributed by atoms with E-state index in [1.54, 1.807) is 0 Å². The molecule has 0 aliphatic heterocycles. The number of rotatable bonds is 7. The minimum atomic E-state index is -4.64. The van der Waals surface area contributed by atoms with E-state index in [-0.39, 0.29) is 42.7 Å². The lowest BCUT2D eigenvalue weighted by Crippen LogP contribution is -2.38. The van der Waals surface area contributed by atoms with Gasteiger partial charge in [0.2, 0.25) is 5.91 Å². The molecule has 0 aromatic heterocycles. The van der Waals surface area contributed by atoms with Crippen LogP contribution < -0.4 is 15.5 Å². The van der Waals surface area contributed by atoms with Gasteiger partial charge in [0.25, 0.3) is 0 Å². The van der Waals surface area contributed by atoms with Gasteiger partial charge in [-0.05, 0) is 55.7 Å². The van der Waals surface area contributed by atoms with E-state index in [0.29, 0.717) is 0 Å². The van der Waals surface area contributed by atoms with Crippen LogP contribution in [0.25, 0.3) is 0 Å². The van der Waals surface area contributed by atoms with Crippen LogP contribution in [-0.2, 0) is 17.1 Å². The number of benzene rings is 2. The second-order valence-corrected chi connectivity index (χ2v) is 8.33. The average molecular weight is 501 g/mol. The molecular formula is C24H25F6N3O2. The number of anilines is 2. The number of alkyl halides is 6. The summed E-state index contributed by atoms with van der Waals surface area (Å²) in [6.07, 6.45) is -5.46. The zero-order chi connectivity index (χ0) is 25.6.